The first-order valence-corrected chi connectivity index (χ1v) is 16.4. The van der Waals surface area contributed by atoms with E-state index in [4.69, 9.17) is 18.9 Å². The van der Waals surface area contributed by atoms with Crippen molar-refractivity contribution in [2.24, 2.45) is 0 Å². The molecule has 0 aliphatic carbocycles. The highest BCUT2D eigenvalue weighted by Crippen LogP contribution is 2.43. The van der Waals surface area contributed by atoms with Gasteiger partial charge in [-0.25, -0.2) is 14.3 Å². The van der Waals surface area contributed by atoms with Crippen molar-refractivity contribution in [1.82, 2.24) is 19.4 Å². The van der Waals surface area contributed by atoms with E-state index in [1.807, 2.05) is 95.0 Å². The molecule has 0 N–H and O–H groups in total. The summed E-state index contributed by atoms with van der Waals surface area (Å²) in [4.78, 5) is 34.9. The van der Waals surface area contributed by atoms with E-state index >= 15 is 0 Å². The van der Waals surface area contributed by atoms with E-state index in [1.54, 1.807) is 14.2 Å². The van der Waals surface area contributed by atoms with Crippen LogP contribution in [0.3, 0.4) is 0 Å². The van der Waals surface area contributed by atoms with Crippen molar-refractivity contribution >= 4 is 12.0 Å². The van der Waals surface area contributed by atoms with E-state index in [0.717, 1.165) is 46.8 Å². The van der Waals surface area contributed by atoms with Gasteiger partial charge < -0.3 is 23.8 Å². The van der Waals surface area contributed by atoms with Crippen LogP contribution >= 0.6 is 0 Å². The van der Waals surface area contributed by atoms with Gasteiger partial charge in [0.1, 0.15) is 23.4 Å². The van der Waals surface area contributed by atoms with Crippen molar-refractivity contribution in [3.8, 4) is 23.0 Å². The third-order valence-electron chi connectivity index (χ3n) is 8.62. The Hall–Kier alpha value is -4.83. The Labute approximate surface area is 283 Å². The summed E-state index contributed by atoms with van der Waals surface area (Å²) in [5.74, 6) is 2.63. The number of hydrogen-bond donors (Lipinski definition) is 0. The molecule has 0 spiro atoms. The average molecular weight is 655 g/mol. The average Bonchev–Trinajstić information content (AvgIpc) is 3.44. The van der Waals surface area contributed by atoms with Crippen molar-refractivity contribution in [2.45, 2.75) is 66.2 Å². The highest BCUT2D eigenvalue weighted by Gasteiger charge is 2.32. The fourth-order valence-corrected chi connectivity index (χ4v) is 6.04. The monoisotopic (exact) mass is 654 g/mol. The van der Waals surface area contributed by atoms with Gasteiger partial charge in [0.05, 0.1) is 31.6 Å². The smallest absolute Gasteiger partial charge is 0.420 e. The number of rotatable bonds is 10. The molecular weight excluding hydrogens is 608 g/mol. The molecular formula is C38H46N4O6. The van der Waals surface area contributed by atoms with E-state index in [9.17, 15) is 9.59 Å². The van der Waals surface area contributed by atoms with Crippen LogP contribution in [0, 0.1) is 6.92 Å². The topological polar surface area (TPSA) is 95.4 Å². The highest BCUT2D eigenvalue weighted by molar-refractivity contribution is 5.94. The van der Waals surface area contributed by atoms with Crippen LogP contribution in [0.25, 0.3) is 0 Å². The van der Waals surface area contributed by atoms with Gasteiger partial charge in [-0.3, -0.25) is 9.69 Å². The first-order chi connectivity index (χ1) is 23.0. The minimum Gasteiger partial charge on any atom is -0.497 e. The molecule has 1 aliphatic heterocycles. The minimum atomic E-state index is -0.624. The number of nitrogens with zero attached hydrogens (tertiary/aromatic N) is 4. The molecule has 1 aliphatic rings. The van der Waals surface area contributed by atoms with E-state index in [-0.39, 0.29) is 11.9 Å². The first kappa shape index (κ1) is 34.5. The Morgan fingerprint density at radius 3 is 2.19 bits per heavy atom. The lowest BCUT2D eigenvalue weighted by Gasteiger charge is -2.38. The van der Waals surface area contributed by atoms with Crippen LogP contribution in [-0.2, 0) is 17.7 Å². The number of imidazole rings is 1. The standard InChI is InChI=1S/C38H46N4O6/c1-9-40(10-2)36(43)27-13-11-26(12-14-27)35-31-22-34(47-30-17-15-29(45-7)16-18-30)33(46-8)21-28(31)19-20-41(35)23-32-25(3)42(24-39-32)37(44)48-38(4,5)6/h11-18,21-22,24,35H,9-10,19-20,23H2,1-8H3. The van der Waals surface area contributed by atoms with Crippen LogP contribution in [0.2, 0.25) is 0 Å². The maximum Gasteiger partial charge on any atom is 0.420 e. The number of ether oxygens (including phenoxy) is 4. The maximum absolute atomic E-state index is 13.1. The number of carbonyl (C=O) groups excluding carboxylic acids is 2. The van der Waals surface area contributed by atoms with E-state index in [2.05, 4.69) is 22.0 Å². The largest absolute Gasteiger partial charge is 0.497 e. The number of fused-ring (bicyclic) bond motifs is 1. The van der Waals surface area contributed by atoms with Crippen LogP contribution in [0.1, 0.15) is 79.1 Å². The Morgan fingerprint density at radius 2 is 1.58 bits per heavy atom. The lowest BCUT2D eigenvalue weighted by Crippen LogP contribution is -2.36. The summed E-state index contributed by atoms with van der Waals surface area (Å²) in [6.07, 6.45) is 1.85. The molecule has 0 saturated heterocycles. The van der Waals surface area contributed by atoms with Crippen LogP contribution in [0.4, 0.5) is 4.79 Å². The molecule has 4 aromatic rings. The van der Waals surface area contributed by atoms with Gasteiger partial charge >= 0.3 is 6.09 Å². The summed E-state index contributed by atoms with van der Waals surface area (Å²) >= 11 is 0. The van der Waals surface area contributed by atoms with Crippen LogP contribution in [0.15, 0.2) is 67.0 Å². The summed E-state index contributed by atoms with van der Waals surface area (Å²) in [7, 11) is 3.27. The fraction of sp³-hybridized carbons (Fsp3) is 0.395. The molecule has 48 heavy (non-hydrogen) atoms. The van der Waals surface area contributed by atoms with Gasteiger partial charge in [0.25, 0.3) is 5.91 Å². The highest BCUT2D eigenvalue weighted by atomic mass is 16.6. The minimum absolute atomic E-state index is 0.00988. The molecule has 0 saturated carbocycles. The molecule has 3 aromatic carbocycles. The second-order valence-corrected chi connectivity index (χ2v) is 12.8. The molecule has 1 unspecified atom stereocenters. The molecule has 254 valence electrons. The quantitative estimate of drug-likeness (QED) is 0.174. The van der Waals surface area contributed by atoms with Crippen LogP contribution < -0.4 is 14.2 Å². The number of aromatic nitrogens is 2. The summed E-state index contributed by atoms with van der Waals surface area (Å²) in [6, 6.07) is 19.2. The van der Waals surface area contributed by atoms with E-state index in [0.29, 0.717) is 42.4 Å². The Bertz CT molecular complexity index is 1740. The van der Waals surface area contributed by atoms with Gasteiger partial charge in [-0.05, 0) is 113 Å². The number of carbonyl (C=O) groups is 2. The fourth-order valence-electron chi connectivity index (χ4n) is 6.04. The molecule has 0 fully saturated rings. The molecule has 1 amide bonds. The first-order valence-electron chi connectivity index (χ1n) is 16.4. The molecule has 0 bridgehead atoms. The lowest BCUT2D eigenvalue weighted by atomic mass is 9.87. The normalized spacial score (nSPS) is 14.6. The van der Waals surface area contributed by atoms with Crippen molar-refractivity contribution in [3.63, 3.8) is 0 Å². The molecule has 2 heterocycles. The van der Waals surface area contributed by atoms with Crippen molar-refractivity contribution in [3.05, 3.63) is 101 Å². The number of benzene rings is 3. The van der Waals surface area contributed by atoms with Crippen LogP contribution in [-0.4, -0.2) is 70.8 Å². The summed E-state index contributed by atoms with van der Waals surface area (Å²) in [5, 5.41) is 0. The predicted molar refractivity (Wildman–Crippen MR) is 184 cm³/mol. The van der Waals surface area contributed by atoms with Crippen molar-refractivity contribution in [1.29, 1.82) is 0 Å². The third kappa shape index (κ3) is 7.49. The molecule has 10 heteroatoms. The Morgan fingerprint density at radius 1 is 0.917 bits per heavy atom. The van der Waals surface area contributed by atoms with Gasteiger partial charge in [-0.1, -0.05) is 12.1 Å². The summed E-state index contributed by atoms with van der Waals surface area (Å²) in [5.41, 5.74) is 4.78. The lowest BCUT2D eigenvalue weighted by molar-refractivity contribution is 0.0533. The van der Waals surface area contributed by atoms with Gasteiger partial charge in [0.2, 0.25) is 0 Å². The van der Waals surface area contributed by atoms with Crippen molar-refractivity contribution < 1.29 is 28.5 Å². The van der Waals surface area contributed by atoms with Gasteiger partial charge in [0.15, 0.2) is 11.5 Å². The van der Waals surface area contributed by atoms with Gasteiger partial charge in [-0.2, -0.15) is 0 Å². The summed E-state index contributed by atoms with van der Waals surface area (Å²) in [6.45, 7) is 13.9. The van der Waals surface area contributed by atoms with Crippen LogP contribution in [0.5, 0.6) is 23.0 Å². The Kier molecular flexibility index (Phi) is 10.4. The van der Waals surface area contributed by atoms with Crippen molar-refractivity contribution in [2.75, 3.05) is 33.9 Å². The summed E-state index contributed by atoms with van der Waals surface area (Å²) < 4.78 is 24.6. The third-order valence-corrected chi connectivity index (χ3v) is 8.62. The molecule has 1 atom stereocenters. The van der Waals surface area contributed by atoms with E-state index in [1.165, 1.54) is 10.9 Å². The Balaban J connectivity index is 1.54. The number of hydrogen-bond acceptors (Lipinski definition) is 8. The molecule has 0 radical (unpaired) electrons. The molecule has 5 rings (SSSR count). The van der Waals surface area contributed by atoms with Gasteiger partial charge in [0, 0.05) is 31.7 Å². The zero-order valence-electron chi connectivity index (χ0n) is 29.2. The molecule has 1 aromatic heterocycles. The SMILES string of the molecule is CCN(CC)C(=O)c1ccc(C2c3cc(Oc4ccc(OC)cc4)c(OC)cc3CCN2Cc2ncn(C(=O)OC(C)(C)C)c2C)cc1. The zero-order chi connectivity index (χ0) is 34.6. The maximum atomic E-state index is 13.1. The second kappa shape index (κ2) is 14.5. The van der Waals surface area contributed by atoms with Gasteiger partial charge in [-0.15, -0.1) is 0 Å². The predicted octanol–water partition coefficient (Wildman–Crippen LogP) is 7.41. The zero-order valence-corrected chi connectivity index (χ0v) is 29.2. The van der Waals surface area contributed by atoms with E-state index < -0.39 is 11.7 Å². The second-order valence-electron chi connectivity index (χ2n) is 12.8. The number of amides is 1. The number of methoxy groups -OCH3 is 2. The molecule has 10 nitrogen and oxygen atoms in total.